The molecular formula is C15H20N4O2. The Morgan fingerprint density at radius 2 is 2.05 bits per heavy atom. The van der Waals surface area contributed by atoms with E-state index < -0.39 is 0 Å². The van der Waals surface area contributed by atoms with Gasteiger partial charge in [0.15, 0.2) is 0 Å². The molecule has 2 amide bonds. The van der Waals surface area contributed by atoms with E-state index in [0.29, 0.717) is 25.1 Å². The molecule has 0 saturated carbocycles. The third-order valence-electron chi connectivity index (χ3n) is 3.22. The summed E-state index contributed by atoms with van der Waals surface area (Å²) in [6, 6.07) is 9.69. The van der Waals surface area contributed by atoms with Crippen molar-refractivity contribution in [2.24, 2.45) is 5.10 Å². The molecule has 0 bridgehead atoms. The van der Waals surface area contributed by atoms with Crippen molar-refractivity contribution >= 4 is 17.5 Å². The zero-order chi connectivity index (χ0) is 15.2. The molecule has 0 saturated heterocycles. The number of nitrogens with one attached hydrogen (secondary N) is 2. The second kappa shape index (κ2) is 6.99. The molecule has 1 aliphatic heterocycles. The monoisotopic (exact) mass is 288 g/mol. The first-order valence-corrected chi connectivity index (χ1v) is 6.92. The third kappa shape index (κ3) is 4.39. The van der Waals surface area contributed by atoms with Crippen LogP contribution in [-0.4, -0.2) is 43.1 Å². The summed E-state index contributed by atoms with van der Waals surface area (Å²) in [6.07, 6.45) is 0.678. The van der Waals surface area contributed by atoms with E-state index in [9.17, 15) is 9.59 Å². The van der Waals surface area contributed by atoms with Crippen LogP contribution in [0, 0.1) is 0 Å². The van der Waals surface area contributed by atoms with Crippen LogP contribution in [0.3, 0.4) is 0 Å². The summed E-state index contributed by atoms with van der Waals surface area (Å²) in [5.41, 5.74) is 3.76. The maximum atomic E-state index is 12.3. The molecule has 0 fully saturated rings. The Balaban J connectivity index is 2.08. The van der Waals surface area contributed by atoms with Crippen LogP contribution in [0.4, 0.5) is 0 Å². The average Bonchev–Trinajstić information content (AvgIpc) is 2.47. The van der Waals surface area contributed by atoms with Gasteiger partial charge in [0, 0.05) is 19.4 Å². The van der Waals surface area contributed by atoms with Crippen molar-refractivity contribution < 1.29 is 9.59 Å². The molecule has 6 heteroatoms. The van der Waals surface area contributed by atoms with E-state index in [1.165, 1.54) is 0 Å². The molecule has 1 atom stereocenters. The van der Waals surface area contributed by atoms with Gasteiger partial charge in [0.1, 0.15) is 5.71 Å². The van der Waals surface area contributed by atoms with Gasteiger partial charge in [-0.25, -0.2) is 5.43 Å². The Labute approximate surface area is 124 Å². The first-order valence-electron chi connectivity index (χ1n) is 6.92. The summed E-state index contributed by atoms with van der Waals surface area (Å²) >= 11 is 0. The fraction of sp³-hybridized carbons (Fsp3) is 0.400. The summed E-state index contributed by atoms with van der Waals surface area (Å²) in [5, 5.41) is 6.81. The van der Waals surface area contributed by atoms with E-state index in [2.05, 4.69) is 15.8 Å². The number of hydrogen-bond donors (Lipinski definition) is 2. The van der Waals surface area contributed by atoms with Gasteiger partial charge in [0.2, 0.25) is 5.91 Å². The Morgan fingerprint density at radius 1 is 1.33 bits per heavy atom. The number of rotatable bonds is 5. The topological polar surface area (TPSA) is 73.8 Å². The molecule has 1 aliphatic rings. The minimum atomic E-state index is -0.231. The van der Waals surface area contributed by atoms with Gasteiger partial charge in [0.05, 0.1) is 6.04 Å². The molecule has 0 aromatic heterocycles. The van der Waals surface area contributed by atoms with E-state index in [1.807, 2.05) is 49.3 Å². The number of benzene rings is 1. The lowest BCUT2D eigenvalue weighted by molar-refractivity contribution is -0.121. The summed E-state index contributed by atoms with van der Waals surface area (Å²) in [6.45, 7) is 0.690. The smallest absolute Gasteiger partial charge is 0.268 e. The van der Waals surface area contributed by atoms with Crippen molar-refractivity contribution in [2.45, 2.75) is 18.9 Å². The summed E-state index contributed by atoms with van der Waals surface area (Å²) in [5.74, 6) is -0.384. The molecule has 2 N–H and O–H groups in total. The van der Waals surface area contributed by atoms with Gasteiger partial charge in [-0.2, -0.15) is 5.10 Å². The second-order valence-electron chi connectivity index (χ2n) is 5.29. The molecule has 0 spiro atoms. The van der Waals surface area contributed by atoms with E-state index in [-0.39, 0.29) is 17.9 Å². The van der Waals surface area contributed by atoms with E-state index in [4.69, 9.17) is 0 Å². The predicted molar refractivity (Wildman–Crippen MR) is 80.7 cm³/mol. The number of carbonyl (C=O) groups is 2. The molecule has 0 radical (unpaired) electrons. The van der Waals surface area contributed by atoms with Gasteiger partial charge in [-0.05, 0) is 19.7 Å². The highest BCUT2D eigenvalue weighted by atomic mass is 16.2. The highest BCUT2D eigenvalue weighted by Gasteiger charge is 2.22. The fourth-order valence-electron chi connectivity index (χ4n) is 2.16. The van der Waals surface area contributed by atoms with Crippen LogP contribution in [0.5, 0.6) is 0 Å². The van der Waals surface area contributed by atoms with E-state index in [0.717, 1.165) is 5.56 Å². The number of nitrogens with zero attached hydrogens (tertiary/aromatic N) is 2. The van der Waals surface area contributed by atoms with Gasteiger partial charge >= 0.3 is 0 Å². The van der Waals surface area contributed by atoms with Gasteiger partial charge in [0.25, 0.3) is 5.91 Å². The zero-order valence-corrected chi connectivity index (χ0v) is 12.3. The first-order chi connectivity index (χ1) is 10.1. The van der Waals surface area contributed by atoms with Crippen LogP contribution in [0.15, 0.2) is 35.4 Å². The molecule has 21 heavy (non-hydrogen) atoms. The van der Waals surface area contributed by atoms with Crippen LogP contribution >= 0.6 is 0 Å². The lowest BCUT2D eigenvalue weighted by Gasteiger charge is -2.23. The Hall–Kier alpha value is -2.21. The van der Waals surface area contributed by atoms with Crippen LogP contribution in [-0.2, 0) is 9.59 Å². The number of hydrogen-bond acceptors (Lipinski definition) is 4. The maximum Gasteiger partial charge on any atom is 0.268 e. The van der Waals surface area contributed by atoms with Gasteiger partial charge in [-0.15, -0.1) is 0 Å². The lowest BCUT2D eigenvalue weighted by atomic mass is 10.1. The summed E-state index contributed by atoms with van der Waals surface area (Å²) in [7, 11) is 3.92. The fourth-order valence-corrected chi connectivity index (χ4v) is 2.16. The van der Waals surface area contributed by atoms with Crippen LogP contribution in [0.1, 0.15) is 24.4 Å². The van der Waals surface area contributed by atoms with E-state index >= 15 is 0 Å². The normalized spacial score (nSPS) is 16.1. The molecule has 1 aromatic carbocycles. The van der Waals surface area contributed by atoms with Crippen molar-refractivity contribution in [3.8, 4) is 0 Å². The maximum absolute atomic E-state index is 12.3. The molecule has 112 valence electrons. The van der Waals surface area contributed by atoms with Crippen LogP contribution in [0.2, 0.25) is 0 Å². The Bertz CT molecular complexity index is 540. The lowest BCUT2D eigenvalue weighted by Crippen LogP contribution is -2.41. The highest BCUT2D eigenvalue weighted by Crippen LogP contribution is 2.14. The minimum absolute atomic E-state index is 0.117. The highest BCUT2D eigenvalue weighted by molar-refractivity contribution is 6.39. The minimum Gasteiger partial charge on any atom is -0.343 e. The summed E-state index contributed by atoms with van der Waals surface area (Å²) in [4.78, 5) is 25.3. The quantitative estimate of drug-likeness (QED) is 0.836. The molecule has 6 nitrogen and oxygen atoms in total. The van der Waals surface area contributed by atoms with Crippen LogP contribution < -0.4 is 10.7 Å². The summed E-state index contributed by atoms with van der Waals surface area (Å²) < 4.78 is 0. The van der Waals surface area contributed by atoms with E-state index in [1.54, 1.807) is 0 Å². The Kier molecular flexibility index (Phi) is 5.05. The van der Waals surface area contributed by atoms with Crippen molar-refractivity contribution in [3.05, 3.63) is 35.9 Å². The van der Waals surface area contributed by atoms with Gasteiger partial charge in [-0.1, -0.05) is 30.3 Å². The first kappa shape index (κ1) is 15.2. The molecule has 0 aliphatic carbocycles. The number of amides is 2. The largest absolute Gasteiger partial charge is 0.343 e. The molecular weight excluding hydrogens is 268 g/mol. The van der Waals surface area contributed by atoms with Crippen LogP contribution in [0.25, 0.3) is 0 Å². The van der Waals surface area contributed by atoms with Crippen molar-refractivity contribution in [2.75, 3.05) is 20.6 Å². The zero-order valence-electron chi connectivity index (χ0n) is 12.3. The number of hydrazone groups is 1. The van der Waals surface area contributed by atoms with Crippen molar-refractivity contribution in [1.29, 1.82) is 0 Å². The molecule has 1 unspecified atom stereocenters. The average molecular weight is 288 g/mol. The number of likely N-dealkylation sites (N-methyl/N-ethyl adjacent to an activating group) is 1. The molecule has 2 rings (SSSR count). The number of carbonyl (C=O) groups excluding carboxylic acids is 2. The second-order valence-corrected chi connectivity index (χ2v) is 5.29. The molecule has 1 heterocycles. The van der Waals surface area contributed by atoms with Gasteiger partial charge in [-0.3, -0.25) is 9.59 Å². The van der Waals surface area contributed by atoms with Crippen molar-refractivity contribution in [1.82, 2.24) is 15.6 Å². The third-order valence-corrected chi connectivity index (χ3v) is 3.22. The Morgan fingerprint density at radius 3 is 2.62 bits per heavy atom. The predicted octanol–water partition coefficient (Wildman–Crippen LogP) is 0.672. The SMILES string of the molecule is CN(C)CC(NC(=O)C1=NNC(=O)CC1)c1ccccc1. The molecule has 1 aromatic rings. The van der Waals surface area contributed by atoms with Gasteiger partial charge < -0.3 is 10.2 Å². The standard InChI is InChI=1S/C15H20N4O2/c1-19(2)10-13(11-6-4-3-5-7-11)16-15(21)12-8-9-14(20)18-17-12/h3-7,13H,8-10H2,1-2H3,(H,16,21)(H,18,20). The van der Waals surface area contributed by atoms with Crippen molar-refractivity contribution in [3.63, 3.8) is 0 Å².